The van der Waals surface area contributed by atoms with Crippen LogP contribution in [0.5, 0.6) is 0 Å². The van der Waals surface area contributed by atoms with E-state index in [1.54, 1.807) is 0 Å². The van der Waals surface area contributed by atoms with Crippen molar-refractivity contribution < 1.29 is 0 Å². The summed E-state index contributed by atoms with van der Waals surface area (Å²) in [5.74, 6) is 0. The Hall–Kier alpha value is -0.860. The molecule has 1 aromatic rings. The second-order valence-corrected chi connectivity index (χ2v) is 6.87. The minimum atomic E-state index is 0.291. The molecule has 2 atom stereocenters. The van der Waals surface area contributed by atoms with Gasteiger partial charge in [-0.1, -0.05) is 18.6 Å². The Labute approximate surface area is 123 Å². The molecule has 1 aromatic carbocycles. The minimum absolute atomic E-state index is 0.291. The van der Waals surface area contributed by atoms with Gasteiger partial charge in [0.1, 0.15) is 0 Å². The number of likely N-dealkylation sites (tertiary alicyclic amines) is 1. The maximum Gasteiger partial charge on any atom is 0.0504 e. The van der Waals surface area contributed by atoms with Crippen LogP contribution in [0.3, 0.4) is 0 Å². The summed E-state index contributed by atoms with van der Waals surface area (Å²) in [5.41, 5.74) is 12.3. The van der Waals surface area contributed by atoms with Crippen LogP contribution in [0.15, 0.2) is 12.1 Å². The Morgan fingerprint density at radius 1 is 0.950 bits per heavy atom. The normalized spacial score (nSPS) is 28.4. The van der Waals surface area contributed by atoms with E-state index in [1.165, 1.54) is 60.9 Å². The van der Waals surface area contributed by atoms with E-state index >= 15 is 0 Å². The number of nitrogens with zero attached hydrogens (tertiary/aromatic N) is 1. The summed E-state index contributed by atoms with van der Waals surface area (Å²) in [6.45, 7) is 7.92. The van der Waals surface area contributed by atoms with Crippen LogP contribution in [0, 0.1) is 20.8 Å². The van der Waals surface area contributed by atoms with E-state index < -0.39 is 0 Å². The van der Waals surface area contributed by atoms with Crippen molar-refractivity contribution in [1.29, 1.82) is 0 Å². The standard InChI is InChI=1S/C18H28N2/c1-12-10-14(3)16(11-13(12)2)18-17(19)6-4-5-9-20(18)15-7-8-15/h10-11,15,17-18H,4-9,19H2,1-3H3. The summed E-state index contributed by atoms with van der Waals surface area (Å²) in [4.78, 5) is 2.72. The van der Waals surface area contributed by atoms with Crippen molar-refractivity contribution in [2.75, 3.05) is 6.54 Å². The molecule has 2 heteroatoms. The van der Waals surface area contributed by atoms with Gasteiger partial charge in [0, 0.05) is 12.1 Å². The average molecular weight is 272 g/mol. The molecule has 1 aliphatic carbocycles. The SMILES string of the molecule is Cc1cc(C)c(C2C(N)CCCCN2C2CC2)cc1C. The number of hydrogen-bond donors (Lipinski definition) is 1. The van der Waals surface area contributed by atoms with Crippen LogP contribution in [0.2, 0.25) is 0 Å². The molecule has 0 radical (unpaired) electrons. The molecule has 1 heterocycles. The summed E-state index contributed by atoms with van der Waals surface area (Å²) in [5, 5.41) is 0. The summed E-state index contributed by atoms with van der Waals surface area (Å²) < 4.78 is 0. The van der Waals surface area contributed by atoms with Gasteiger partial charge < -0.3 is 5.73 Å². The van der Waals surface area contributed by atoms with Gasteiger partial charge in [0.25, 0.3) is 0 Å². The van der Waals surface area contributed by atoms with Gasteiger partial charge in [-0.15, -0.1) is 0 Å². The molecule has 1 saturated heterocycles. The van der Waals surface area contributed by atoms with Crippen molar-refractivity contribution in [2.45, 2.75) is 71.0 Å². The third-order valence-electron chi connectivity index (χ3n) is 5.18. The van der Waals surface area contributed by atoms with Gasteiger partial charge in [-0.25, -0.2) is 0 Å². The van der Waals surface area contributed by atoms with Crippen LogP contribution in [0.25, 0.3) is 0 Å². The summed E-state index contributed by atoms with van der Waals surface area (Å²) in [7, 11) is 0. The van der Waals surface area contributed by atoms with E-state index in [4.69, 9.17) is 5.73 Å². The third kappa shape index (κ3) is 2.64. The fourth-order valence-electron chi connectivity index (χ4n) is 3.74. The summed E-state index contributed by atoms with van der Waals surface area (Å²) >= 11 is 0. The number of aryl methyl sites for hydroxylation is 3. The van der Waals surface area contributed by atoms with E-state index in [1.807, 2.05) is 0 Å². The number of rotatable bonds is 2. The Balaban J connectivity index is 2.00. The summed E-state index contributed by atoms with van der Waals surface area (Å²) in [6, 6.07) is 6.26. The second-order valence-electron chi connectivity index (χ2n) is 6.87. The Morgan fingerprint density at radius 2 is 1.65 bits per heavy atom. The molecular formula is C18H28N2. The highest BCUT2D eigenvalue weighted by atomic mass is 15.2. The van der Waals surface area contributed by atoms with Crippen LogP contribution in [-0.2, 0) is 0 Å². The van der Waals surface area contributed by atoms with Crippen LogP contribution in [0.1, 0.15) is 60.4 Å². The molecule has 1 saturated carbocycles. The van der Waals surface area contributed by atoms with Crippen molar-refractivity contribution in [3.63, 3.8) is 0 Å². The quantitative estimate of drug-likeness (QED) is 0.891. The first-order valence-corrected chi connectivity index (χ1v) is 8.17. The molecule has 20 heavy (non-hydrogen) atoms. The maximum absolute atomic E-state index is 6.58. The molecule has 110 valence electrons. The Kier molecular flexibility index (Phi) is 3.87. The molecule has 2 nitrogen and oxygen atoms in total. The van der Waals surface area contributed by atoms with Crippen molar-refractivity contribution in [3.8, 4) is 0 Å². The zero-order chi connectivity index (χ0) is 14.3. The first kappa shape index (κ1) is 14.1. The van der Waals surface area contributed by atoms with Gasteiger partial charge in [-0.05, 0) is 75.3 Å². The van der Waals surface area contributed by atoms with Crippen molar-refractivity contribution >= 4 is 0 Å². The zero-order valence-electron chi connectivity index (χ0n) is 13.2. The fraction of sp³-hybridized carbons (Fsp3) is 0.667. The van der Waals surface area contributed by atoms with Crippen LogP contribution < -0.4 is 5.73 Å². The summed E-state index contributed by atoms with van der Waals surface area (Å²) in [6.07, 6.45) is 6.50. The third-order valence-corrected chi connectivity index (χ3v) is 5.18. The largest absolute Gasteiger partial charge is 0.326 e. The van der Waals surface area contributed by atoms with Crippen LogP contribution >= 0.6 is 0 Å². The van der Waals surface area contributed by atoms with Crippen LogP contribution in [-0.4, -0.2) is 23.5 Å². The second kappa shape index (κ2) is 5.50. The number of hydrogen-bond acceptors (Lipinski definition) is 2. The fourth-order valence-corrected chi connectivity index (χ4v) is 3.74. The molecule has 0 amide bonds. The molecule has 0 aromatic heterocycles. The molecule has 3 rings (SSSR count). The molecular weight excluding hydrogens is 244 g/mol. The van der Waals surface area contributed by atoms with Crippen molar-refractivity contribution in [2.24, 2.45) is 5.73 Å². The lowest BCUT2D eigenvalue weighted by Gasteiger charge is -2.35. The van der Waals surface area contributed by atoms with Gasteiger partial charge in [-0.3, -0.25) is 4.90 Å². The Morgan fingerprint density at radius 3 is 2.35 bits per heavy atom. The molecule has 0 spiro atoms. The predicted molar refractivity (Wildman–Crippen MR) is 84.9 cm³/mol. The maximum atomic E-state index is 6.58. The van der Waals surface area contributed by atoms with E-state index in [0.29, 0.717) is 12.1 Å². The topological polar surface area (TPSA) is 29.3 Å². The van der Waals surface area contributed by atoms with Gasteiger partial charge in [0.2, 0.25) is 0 Å². The molecule has 0 bridgehead atoms. The lowest BCUT2D eigenvalue weighted by atomic mass is 9.90. The van der Waals surface area contributed by atoms with Gasteiger partial charge in [0.15, 0.2) is 0 Å². The lowest BCUT2D eigenvalue weighted by Crippen LogP contribution is -2.41. The molecule has 1 aliphatic heterocycles. The van der Waals surface area contributed by atoms with Gasteiger partial charge in [0.05, 0.1) is 6.04 Å². The number of benzene rings is 1. The highest BCUT2D eigenvalue weighted by molar-refractivity contribution is 5.39. The van der Waals surface area contributed by atoms with E-state index in [9.17, 15) is 0 Å². The molecule has 2 unspecified atom stereocenters. The highest BCUT2D eigenvalue weighted by Gasteiger charge is 2.38. The van der Waals surface area contributed by atoms with Gasteiger partial charge in [-0.2, -0.15) is 0 Å². The minimum Gasteiger partial charge on any atom is -0.326 e. The van der Waals surface area contributed by atoms with E-state index in [2.05, 4.69) is 37.8 Å². The van der Waals surface area contributed by atoms with Crippen LogP contribution in [0.4, 0.5) is 0 Å². The zero-order valence-corrected chi connectivity index (χ0v) is 13.2. The molecule has 2 N–H and O–H groups in total. The van der Waals surface area contributed by atoms with Gasteiger partial charge >= 0.3 is 0 Å². The Bertz CT molecular complexity index is 490. The molecule has 2 fully saturated rings. The average Bonchev–Trinajstić information content (AvgIpc) is 3.21. The molecule has 2 aliphatic rings. The first-order valence-electron chi connectivity index (χ1n) is 8.17. The van der Waals surface area contributed by atoms with E-state index in [0.717, 1.165) is 6.04 Å². The van der Waals surface area contributed by atoms with Crippen molar-refractivity contribution in [1.82, 2.24) is 4.90 Å². The van der Waals surface area contributed by atoms with Crippen molar-refractivity contribution in [3.05, 3.63) is 34.4 Å². The van der Waals surface area contributed by atoms with E-state index in [-0.39, 0.29) is 0 Å². The lowest BCUT2D eigenvalue weighted by molar-refractivity contribution is 0.175. The smallest absolute Gasteiger partial charge is 0.0504 e. The number of nitrogens with two attached hydrogens (primary N) is 1. The highest BCUT2D eigenvalue weighted by Crippen LogP contribution is 2.40. The first-order chi connectivity index (χ1) is 9.58. The predicted octanol–water partition coefficient (Wildman–Crippen LogP) is 3.63. The monoisotopic (exact) mass is 272 g/mol.